The second kappa shape index (κ2) is 7.56. The summed E-state index contributed by atoms with van der Waals surface area (Å²) >= 11 is 10.4. The average Bonchev–Trinajstić information content (AvgIpc) is 3.20. The van der Waals surface area contributed by atoms with Gasteiger partial charge in [-0.1, -0.05) is 109 Å². The first-order valence-corrected chi connectivity index (χ1v) is 12.5. The normalized spacial score (nSPS) is 11.8. The monoisotopic (exact) mass is 516 g/mol. The predicted molar refractivity (Wildman–Crippen MR) is 149 cm³/mol. The first kappa shape index (κ1) is 20.0. The summed E-state index contributed by atoms with van der Waals surface area (Å²) in [7, 11) is 0. The van der Waals surface area contributed by atoms with E-state index in [1.54, 1.807) is 0 Å². The second-order valence-electron chi connectivity index (χ2n) is 8.75. The molecule has 0 saturated heterocycles. The maximum absolute atomic E-state index is 6.72. The third kappa shape index (κ3) is 2.78. The Labute approximate surface area is 211 Å². The topological polar surface area (TPSA) is 0 Å². The lowest BCUT2D eigenvalue weighted by Gasteiger charge is -2.21. The first-order chi connectivity index (χ1) is 16.7. The quantitative estimate of drug-likeness (QED) is 0.214. The molecule has 0 aliphatic heterocycles. The maximum atomic E-state index is 6.72. The van der Waals surface area contributed by atoms with Crippen molar-refractivity contribution in [3.8, 4) is 44.5 Å². The van der Waals surface area contributed by atoms with Gasteiger partial charge in [0.15, 0.2) is 0 Å². The van der Waals surface area contributed by atoms with Crippen molar-refractivity contribution in [1.29, 1.82) is 0 Å². The molecule has 0 amide bonds. The Morgan fingerprint density at radius 1 is 0.500 bits per heavy atom. The van der Waals surface area contributed by atoms with Gasteiger partial charge < -0.3 is 0 Å². The molecule has 6 aromatic rings. The first-order valence-electron chi connectivity index (χ1n) is 11.3. The zero-order valence-electron chi connectivity index (χ0n) is 18.1. The highest BCUT2D eigenvalue weighted by molar-refractivity contribution is 9.10. The Morgan fingerprint density at radius 2 is 1.00 bits per heavy atom. The zero-order chi connectivity index (χ0) is 22.8. The van der Waals surface area contributed by atoms with E-state index >= 15 is 0 Å². The molecule has 0 atom stereocenters. The van der Waals surface area contributed by atoms with Gasteiger partial charge in [0.1, 0.15) is 0 Å². The largest absolute Gasteiger partial charge is 0.0831 e. The van der Waals surface area contributed by atoms with Gasteiger partial charge in [0.2, 0.25) is 0 Å². The van der Waals surface area contributed by atoms with E-state index in [1.165, 1.54) is 66.1 Å². The van der Waals surface area contributed by atoms with Gasteiger partial charge in [-0.3, -0.25) is 0 Å². The fourth-order valence-electron chi connectivity index (χ4n) is 5.59. The molecule has 0 aromatic heterocycles. The molecule has 160 valence electrons. The highest BCUT2D eigenvalue weighted by Crippen LogP contribution is 2.58. The lowest BCUT2D eigenvalue weighted by atomic mass is 9.82. The number of fused-ring (bicyclic) bond motifs is 4. The van der Waals surface area contributed by atoms with Crippen LogP contribution >= 0.6 is 27.5 Å². The van der Waals surface area contributed by atoms with Crippen LogP contribution in [0.2, 0.25) is 5.02 Å². The predicted octanol–water partition coefficient (Wildman–Crippen LogP) is 10.4. The van der Waals surface area contributed by atoms with Crippen LogP contribution in [0, 0.1) is 0 Å². The van der Waals surface area contributed by atoms with Crippen LogP contribution in [0.25, 0.3) is 66.1 Å². The van der Waals surface area contributed by atoms with E-state index in [1.807, 2.05) is 0 Å². The molecule has 0 spiro atoms. The summed E-state index contributed by atoms with van der Waals surface area (Å²) < 4.78 is 0.909. The number of halogens is 2. The molecule has 0 unspecified atom stereocenters. The van der Waals surface area contributed by atoms with Gasteiger partial charge >= 0.3 is 0 Å². The fraction of sp³-hybridized carbons (Fsp3) is 0. The van der Waals surface area contributed by atoms with Crippen LogP contribution in [0.5, 0.6) is 0 Å². The second-order valence-corrected chi connectivity index (χ2v) is 10.0. The van der Waals surface area contributed by atoms with Gasteiger partial charge in [0, 0.05) is 4.47 Å². The SMILES string of the molecule is Clc1cc2c(-c3ccccc3)c3c(c(-c4ccccc4)c2cc1Br)-c1cccc2cccc-3c12. The summed E-state index contributed by atoms with van der Waals surface area (Å²) in [6.07, 6.45) is 0. The summed E-state index contributed by atoms with van der Waals surface area (Å²) in [6.45, 7) is 0. The molecule has 0 saturated carbocycles. The highest BCUT2D eigenvalue weighted by atomic mass is 79.9. The molecular formula is C32H18BrCl. The minimum atomic E-state index is 0.720. The number of rotatable bonds is 2. The molecule has 0 N–H and O–H groups in total. The summed E-state index contributed by atoms with van der Waals surface area (Å²) in [5.74, 6) is 0. The third-order valence-electron chi connectivity index (χ3n) is 6.92. The lowest BCUT2D eigenvalue weighted by Crippen LogP contribution is -1.94. The van der Waals surface area contributed by atoms with Crippen molar-refractivity contribution in [1.82, 2.24) is 0 Å². The van der Waals surface area contributed by atoms with Crippen LogP contribution in [-0.4, -0.2) is 0 Å². The Hall–Kier alpha value is -3.39. The molecule has 7 rings (SSSR count). The molecule has 0 bridgehead atoms. The van der Waals surface area contributed by atoms with E-state index in [0.29, 0.717) is 0 Å². The summed E-state index contributed by atoms with van der Waals surface area (Å²) in [4.78, 5) is 0. The van der Waals surface area contributed by atoms with Crippen LogP contribution < -0.4 is 0 Å². The van der Waals surface area contributed by atoms with Crippen molar-refractivity contribution in [3.63, 3.8) is 0 Å². The van der Waals surface area contributed by atoms with E-state index in [9.17, 15) is 0 Å². The number of benzene rings is 6. The van der Waals surface area contributed by atoms with Gasteiger partial charge in [-0.05, 0) is 94.1 Å². The maximum Gasteiger partial charge on any atom is 0.0554 e. The zero-order valence-corrected chi connectivity index (χ0v) is 20.5. The van der Waals surface area contributed by atoms with Crippen molar-refractivity contribution in [2.24, 2.45) is 0 Å². The van der Waals surface area contributed by atoms with Crippen LogP contribution in [0.4, 0.5) is 0 Å². The molecule has 34 heavy (non-hydrogen) atoms. The molecule has 0 fully saturated rings. The minimum Gasteiger partial charge on any atom is -0.0831 e. The van der Waals surface area contributed by atoms with Gasteiger partial charge in [-0.15, -0.1) is 0 Å². The molecule has 6 aromatic carbocycles. The van der Waals surface area contributed by atoms with E-state index < -0.39 is 0 Å². The van der Waals surface area contributed by atoms with Gasteiger partial charge in [0.25, 0.3) is 0 Å². The Morgan fingerprint density at radius 3 is 1.53 bits per heavy atom. The van der Waals surface area contributed by atoms with E-state index in [-0.39, 0.29) is 0 Å². The number of hydrogen-bond donors (Lipinski definition) is 0. The summed E-state index contributed by atoms with van der Waals surface area (Å²) in [5, 5.41) is 5.69. The summed E-state index contributed by atoms with van der Waals surface area (Å²) in [6, 6.07) is 39.1. The van der Waals surface area contributed by atoms with Crippen LogP contribution in [0.15, 0.2) is 114 Å². The molecular weight excluding hydrogens is 500 g/mol. The van der Waals surface area contributed by atoms with Crippen LogP contribution in [0.3, 0.4) is 0 Å². The summed E-state index contributed by atoms with van der Waals surface area (Å²) in [5.41, 5.74) is 10.1. The van der Waals surface area contributed by atoms with Gasteiger partial charge in [0.05, 0.1) is 5.02 Å². The fourth-order valence-corrected chi connectivity index (χ4v) is 6.09. The van der Waals surface area contributed by atoms with Crippen molar-refractivity contribution >= 4 is 49.1 Å². The smallest absolute Gasteiger partial charge is 0.0554 e. The highest BCUT2D eigenvalue weighted by Gasteiger charge is 2.30. The molecule has 0 radical (unpaired) electrons. The Bertz CT molecular complexity index is 1630. The Balaban J connectivity index is 1.79. The Kier molecular flexibility index (Phi) is 4.45. The molecule has 0 nitrogen and oxygen atoms in total. The average molecular weight is 518 g/mol. The van der Waals surface area contributed by atoms with Crippen molar-refractivity contribution in [2.75, 3.05) is 0 Å². The molecule has 1 aliphatic carbocycles. The minimum absolute atomic E-state index is 0.720. The number of hydrogen-bond acceptors (Lipinski definition) is 0. The van der Waals surface area contributed by atoms with Crippen molar-refractivity contribution in [3.05, 3.63) is 119 Å². The molecule has 1 aliphatic rings. The third-order valence-corrected chi connectivity index (χ3v) is 8.11. The van der Waals surface area contributed by atoms with E-state index in [4.69, 9.17) is 11.6 Å². The van der Waals surface area contributed by atoms with E-state index in [2.05, 4.69) is 125 Å². The van der Waals surface area contributed by atoms with Crippen LogP contribution in [0.1, 0.15) is 0 Å². The standard InChI is InChI=1S/C32H18BrCl/c33-26-17-24-25(18-27(26)34)30(21-11-5-2-6-12-21)32-23-16-8-14-19-13-7-15-22(28(19)23)31(32)29(24)20-9-3-1-4-10-20/h1-18H. The molecule has 0 heterocycles. The van der Waals surface area contributed by atoms with Crippen molar-refractivity contribution in [2.45, 2.75) is 0 Å². The van der Waals surface area contributed by atoms with E-state index in [0.717, 1.165) is 9.50 Å². The van der Waals surface area contributed by atoms with Gasteiger partial charge in [-0.25, -0.2) is 0 Å². The lowest BCUT2D eigenvalue weighted by molar-refractivity contribution is 1.61. The molecule has 2 heteroatoms. The van der Waals surface area contributed by atoms with Crippen molar-refractivity contribution < 1.29 is 0 Å². The van der Waals surface area contributed by atoms with Gasteiger partial charge in [-0.2, -0.15) is 0 Å². The van der Waals surface area contributed by atoms with Crippen LogP contribution in [-0.2, 0) is 0 Å².